The zero-order valence-electron chi connectivity index (χ0n) is 21.4. The number of carbonyl (C=O) groups is 1. The SMILES string of the molecule is CCOC(=O)C1=C(C)N=c2s/c(=C\c3c[nH]c4ccc(Br)cc34)c(=O)n2[C@H]1c1c(OC)ccc2ccccc12. The van der Waals surface area contributed by atoms with Gasteiger partial charge in [0, 0.05) is 32.7 Å². The van der Waals surface area contributed by atoms with Gasteiger partial charge in [-0.1, -0.05) is 57.6 Å². The molecule has 0 spiro atoms. The summed E-state index contributed by atoms with van der Waals surface area (Å²) in [5.41, 5.74) is 3.17. The van der Waals surface area contributed by atoms with Gasteiger partial charge in [-0.3, -0.25) is 9.36 Å². The number of nitrogens with one attached hydrogen (secondary N) is 1. The van der Waals surface area contributed by atoms with Crippen LogP contribution in [-0.4, -0.2) is 29.2 Å². The Morgan fingerprint density at radius 3 is 2.79 bits per heavy atom. The molecule has 1 aliphatic rings. The number of benzene rings is 3. The van der Waals surface area contributed by atoms with Gasteiger partial charge in [0.1, 0.15) is 11.8 Å². The number of nitrogens with zero attached hydrogens (tertiary/aromatic N) is 2. The topological polar surface area (TPSA) is 85.7 Å². The second-order valence-corrected chi connectivity index (χ2v) is 11.1. The summed E-state index contributed by atoms with van der Waals surface area (Å²) in [6.07, 6.45) is 3.76. The van der Waals surface area contributed by atoms with Crippen LogP contribution in [0.5, 0.6) is 5.75 Å². The molecule has 0 amide bonds. The van der Waals surface area contributed by atoms with Crippen LogP contribution < -0.4 is 19.6 Å². The highest BCUT2D eigenvalue weighted by Crippen LogP contribution is 2.40. The van der Waals surface area contributed by atoms with Crippen molar-refractivity contribution in [1.29, 1.82) is 0 Å². The van der Waals surface area contributed by atoms with Gasteiger partial charge in [0.25, 0.3) is 5.56 Å². The predicted octanol–water partition coefficient (Wildman–Crippen LogP) is 5.20. The van der Waals surface area contributed by atoms with Crippen LogP contribution in [0.2, 0.25) is 0 Å². The molecule has 1 N–H and O–H groups in total. The number of aromatic amines is 1. The number of H-pyrrole nitrogens is 1. The van der Waals surface area contributed by atoms with Crippen molar-refractivity contribution in [2.45, 2.75) is 19.9 Å². The molecule has 39 heavy (non-hydrogen) atoms. The minimum Gasteiger partial charge on any atom is -0.496 e. The van der Waals surface area contributed by atoms with Crippen molar-refractivity contribution in [2.75, 3.05) is 13.7 Å². The van der Waals surface area contributed by atoms with Crippen molar-refractivity contribution in [3.05, 3.63) is 107 Å². The Labute approximate surface area is 235 Å². The number of aromatic nitrogens is 2. The van der Waals surface area contributed by atoms with E-state index in [9.17, 15) is 9.59 Å². The fraction of sp³-hybridized carbons (Fsp3) is 0.167. The summed E-state index contributed by atoms with van der Waals surface area (Å²) < 4.78 is 14.3. The van der Waals surface area contributed by atoms with E-state index in [-0.39, 0.29) is 12.2 Å². The summed E-state index contributed by atoms with van der Waals surface area (Å²) in [6.45, 7) is 3.75. The molecule has 0 fully saturated rings. The molecule has 0 unspecified atom stereocenters. The summed E-state index contributed by atoms with van der Waals surface area (Å²) >= 11 is 4.83. The molecule has 1 aliphatic heterocycles. The van der Waals surface area contributed by atoms with E-state index in [1.807, 2.05) is 66.9 Å². The van der Waals surface area contributed by atoms with Crippen molar-refractivity contribution in [2.24, 2.45) is 4.99 Å². The largest absolute Gasteiger partial charge is 0.496 e. The minimum absolute atomic E-state index is 0.204. The summed E-state index contributed by atoms with van der Waals surface area (Å²) in [7, 11) is 1.59. The third-order valence-electron chi connectivity index (χ3n) is 6.90. The van der Waals surface area contributed by atoms with Crippen molar-refractivity contribution in [3.63, 3.8) is 0 Å². The molecular weight excluding hydrogens is 578 g/mol. The summed E-state index contributed by atoms with van der Waals surface area (Å²) in [4.78, 5) is 36.0. The van der Waals surface area contributed by atoms with Gasteiger partial charge in [0.15, 0.2) is 4.80 Å². The molecule has 2 aromatic heterocycles. The van der Waals surface area contributed by atoms with E-state index in [1.54, 1.807) is 25.5 Å². The number of hydrogen-bond acceptors (Lipinski definition) is 6. The standard InChI is InChI=1S/C30H24BrN3O4S/c1-4-38-29(36)25-16(2)33-30-34(27(25)26-20-8-6-5-7-17(20)9-12-23(26)37-3)28(35)24(39-30)13-18-15-32-22-11-10-19(31)14-21(18)22/h5-15,27,32H,4H2,1-3H3/b24-13-/t27-/m1/s1. The molecule has 3 heterocycles. The maximum Gasteiger partial charge on any atom is 0.338 e. The first-order chi connectivity index (χ1) is 18.9. The Morgan fingerprint density at radius 2 is 2.00 bits per heavy atom. The van der Waals surface area contributed by atoms with Crippen LogP contribution in [0.3, 0.4) is 0 Å². The number of halogens is 1. The second kappa shape index (κ2) is 9.98. The Bertz CT molecular complexity index is 2000. The van der Waals surface area contributed by atoms with E-state index in [0.717, 1.165) is 37.3 Å². The minimum atomic E-state index is -0.777. The van der Waals surface area contributed by atoms with Gasteiger partial charge in [0.05, 0.1) is 29.5 Å². The lowest BCUT2D eigenvalue weighted by molar-refractivity contribution is -0.139. The van der Waals surface area contributed by atoms with Gasteiger partial charge in [-0.25, -0.2) is 9.79 Å². The van der Waals surface area contributed by atoms with E-state index >= 15 is 0 Å². The third kappa shape index (κ3) is 4.22. The highest BCUT2D eigenvalue weighted by atomic mass is 79.9. The monoisotopic (exact) mass is 601 g/mol. The lowest BCUT2D eigenvalue weighted by Gasteiger charge is -2.27. The Balaban J connectivity index is 1.66. The fourth-order valence-corrected chi connectivity index (χ4v) is 6.57. The molecular formula is C30H24BrN3O4S. The first-order valence-corrected chi connectivity index (χ1v) is 14.0. The number of carbonyl (C=O) groups excluding carboxylic acids is 1. The first kappa shape index (κ1) is 25.3. The van der Waals surface area contributed by atoms with Crippen LogP contribution in [0, 0.1) is 0 Å². The average Bonchev–Trinajstić information content (AvgIpc) is 3.47. The molecule has 0 saturated carbocycles. The third-order valence-corrected chi connectivity index (χ3v) is 8.38. The van der Waals surface area contributed by atoms with Gasteiger partial charge in [-0.15, -0.1) is 0 Å². The van der Waals surface area contributed by atoms with Crippen LogP contribution in [0.4, 0.5) is 0 Å². The Kier molecular flexibility index (Phi) is 6.48. The number of thiazole rings is 1. The Morgan fingerprint density at radius 1 is 1.18 bits per heavy atom. The van der Waals surface area contributed by atoms with Crippen LogP contribution in [0.15, 0.2) is 86.3 Å². The molecule has 1 atom stereocenters. The van der Waals surface area contributed by atoms with Crippen LogP contribution in [-0.2, 0) is 9.53 Å². The summed E-state index contributed by atoms with van der Waals surface area (Å²) in [5.74, 6) is 0.0701. The molecule has 5 aromatic rings. The summed E-state index contributed by atoms with van der Waals surface area (Å²) in [6, 6.07) is 16.9. The highest BCUT2D eigenvalue weighted by Gasteiger charge is 2.36. The molecule has 3 aromatic carbocycles. The zero-order valence-corrected chi connectivity index (χ0v) is 23.9. The molecule has 0 aliphatic carbocycles. The van der Waals surface area contributed by atoms with Crippen molar-refractivity contribution < 1.29 is 14.3 Å². The molecule has 0 saturated heterocycles. The number of allylic oxidation sites excluding steroid dienone is 1. The van der Waals surface area contributed by atoms with Crippen LogP contribution >= 0.6 is 27.3 Å². The van der Waals surface area contributed by atoms with E-state index in [4.69, 9.17) is 14.5 Å². The van der Waals surface area contributed by atoms with Gasteiger partial charge in [-0.2, -0.15) is 0 Å². The number of esters is 1. The van der Waals surface area contributed by atoms with Crippen molar-refractivity contribution in [3.8, 4) is 5.75 Å². The van der Waals surface area contributed by atoms with Crippen LogP contribution in [0.25, 0.3) is 27.8 Å². The number of methoxy groups -OCH3 is 1. The van der Waals surface area contributed by atoms with Crippen LogP contribution in [0.1, 0.15) is 31.0 Å². The van der Waals surface area contributed by atoms with Gasteiger partial charge < -0.3 is 14.5 Å². The zero-order chi connectivity index (χ0) is 27.3. The maximum absolute atomic E-state index is 14.1. The molecule has 7 nitrogen and oxygen atoms in total. The molecule has 0 bridgehead atoms. The first-order valence-electron chi connectivity index (χ1n) is 12.4. The van der Waals surface area contributed by atoms with Gasteiger partial charge in [0.2, 0.25) is 0 Å². The molecule has 6 rings (SSSR count). The number of rotatable bonds is 5. The van der Waals surface area contributed by atoms with Crippen molar-refractivity contribution >= 4 is 61.0 Å². The lowest BCUT2D eigenvalue weighted by Crippen LogP contribution is -2.40. The van der Waals surface area contributed by atoms with E-state index in [0.29, 0.717) is 26.4 Å². The quantitative estimate of drug-likeness (QED) is 0.280. The number of hydrogen-bond donors (Lipinski definition) is 1. The Hall–Kier alpha value is -3.95. The normalized spacial score (nSPS) is 15.5. The molecule has 9 heteroatoms. The summed E-state index contributed by atoms with van der Waals surface area (Å²) in [5, 5.41) is 2.85. The van der Waals surface area contributed by atoms with Gasteiger partial charge in [-0.05, 0) is 55.0 Å². The van der Waals surface area contributed by atoms with E-state index in [1.165, 1.54) is 11.3 Å². The van der Waals surface area contributed by atoms with Crippen molar-refractivity contribution in [1.82, 2.24) is 9.55 Å². The van der Waals surface area contributed by atoms with E-state index in [2.05, 4.69) is 20.9 Å². The smallest absolute Gasteiger partial charge is 0.338 e. The predicted molar refractivity (Wildman–Crippen MR) is 157 cm³/mol. The highest BCUT2D eigenvalue weighted by molar-refractivity contribution is 9.10. The van der Waals surface area contributed by atoms with E-state index < -0.39 is 12.0 Å². The number of ether oxygens (including phenoxy) is 2. The second-order valence-electron chi connectivity index (χ2n) is 9.14. The fourth-order valence-electron chi connectivity index (χ4n) is 5.18. The molecule has 196 valence electrons. The van der Waals surface area contributed by atoms with Gasteiger partial charge >= 0.3 is 5.97 Å². The molecule has 0 radical (unpaired) electrons. The number of fused-ring (bicyclic) bond motifs is 3. The average molecular weight is 603 g/mol. The maximum atomic E-state index is 14.1. The lowest BCUT2D eigenvalue weighted by atomic mass is 9.90.